The standard InChI is InChI=1S/C30H25F4N3O4S/c31-21-12-18(27(38)39)13-23-25(21)35-28(42-23)37-9-7-29(8-10-37)14-16(15-29)11-20-24(36-41-26(20)17-5-6-17)19-3-1-2-4-22(19)40-30(32,33)34/h1-4,11-13,17H,5-10,14-15H2,(H,38,39). The fourth-order valence-electron chi connectivity index (χ4n) is 6.14. The number of fused-ring (bicyclic) bond motifs is 1. The minimum atomic E-state index is -4.83. The molecule has 1 spiro atoms. The first-order chi connectivity index (χ1) is 20.1. The molecule has 2 aromatic carbocycles. The van der Waals surface area contributed by atoms with Gasteiger partial charge in [0.2, 0.25) is 0 Å². The van der Waals surface area contributed by atoms with Crippen molar-refractivity contribution in [2.75, 3.05) is 18.0 Å². The minimum absolute atomic E-state index is 0.0984. The molecule has 0 unspecified atom stereocenters. The fraction of sp³-hybridized carbons (Fsp3) is 0.367. The Morgan fingerprint density at radius 1 is 1.17 bits per heavy atom. The summed E-state index contributed by atoms with van der Waals surface area (Å²) in [7, 11) is 0. The number of hydrogen-bond acceptors (Lipinski definition) is 7. The summed E-state index contributed by atoms with van der Waals surface area (Å²) in [6.45, 7) is 1.49. The van der Waals surface area contributed by atoms with Gasteiger partial charge in [-0.15, -0.1) is 13.2 Å². The maximum atomic E-state index is 14.5. The molecule has 0 radical (unpaired) electrons. The Hall–Kier alpha value is -3.93. The van der Waals surface area contributed by atoms with Crippen molar-refractivity contribution in [2.24, 2.45) is 5.41 Å². The summed E-state index contributed by atoms with van der Waals surface area (Å²) in [6.07, 6.45) is 2.69. The van der Waals surface area contributed by atoms with Gasteiger partial charge in [0.25, 0.3) is 0 Å². The highest BCUT2D eigenvalue weighted by atomic mass is 32.1. The summed E-state index contributed by atoms with van der Waals surface area (Å²) in [6, 6.07) is 8.44. The third kappa shape index (κ3) is 5.01. The molecule has 3 fully saturated rings. The Kier molecular flexibility index (Phi) is 6.30. The molecule has 0 bridgehead atoms. The summed E-state index contributed by atoms with van der Waals surface area (Å²) in [5.74, 6) is -1.20. The van der Waals surface area contributed by atoms with Crippen LogP contribution in [0.2, 0.25) is 0 Å². The fourth-order valence-corrected chi connectivity index (χ4v) is 7.21. The average Bonchev–Trinajstić information content (AvgIpc) is 3.53. The van der Waals surface area contributed by atoms with Gasteiger partial charge in [0.1, 0.15) is 22.7 Å². The number of allylic oxidation sites excluding steroid dienone is 1. The number of nitrogens with zero attached hydrogens (tertiary/aromatic N) is 3. The van der Waals surface area contributed by atoms with Crippen molar-refractivity contribution in [1.29, 1.82) is 0 Å². The first-order valence-corrected chi connectivity index (χ1v) is 14.5. The van der Waals surface area contributed by atoms with Crippen LogP contribution in [0.15, 0.2) is 46.5 Å². The molecule has 0 atom stereocenters. The first-order valence-electron chi connectivity index (χ1n) is 13.7. The van der Waals surface area contributed by atoms with Crippen LogP contribution in [-0.4, -0.2) is 40.7 Å². The second-order valence-electron chi connectivity index (χ2n) is 11.4. The average molecular weight is 600 g/mol. The van der Waals surface area contributed by atoms with Crippen LogP contribution >= 0.6 is 11.3 Å². The lowest BCUT2D eigenvalue weighted by Crippen LogP contribution is -2.44. The Morgan fingerprint density at radius 3 is 2.60 bits per heavy atom. The molecule has 2 saturated carbocycles. The molecule has 0 amide bonds. The third-order valence-electron chi connectivity index (χ3n) is 8.40. The molecule has 3 heterocycles. The van der Waals surface area contributed by atoms with Gasteiger partial charge in [0.15, 0.2) is 10.9 Å². The number of benzene rings is 2. The molecule has 1 aliphatic heterocycles. The normalized spacial score (nSPS) is 18.4. The number of aromatic nitrogens is 2. The number of piperidine rings is 1. The van der Waals surface area contributed by atoms with Crippen molar-refractivity contribution < 1.29 is 36.7 Å². The number of carbonyl (C=O) groups is 1. The molecule has 2 aliphatic carbocycles. The van der Waals surface area contributed by atoms with Crippen LogP contribution in [0.25, 0.3) is 27.6 Å². The zero-order chi connectivity index (χ0) is 29.2. The number of aromatic carboxylic acids is 1. The molecule has 2 aromatic heterocycles. The van der Waals surface area contributed by atoms with Crippen molar-refractivity contribution in [3.63, 3.8) is 0 Å². The van der Waals surface area contributed by atoms with Crippen LogP contribution in [0.1, 0.15) is 66.1 Å². The SMILES string of the molecule is O=C(O)c1cc(F)c2nc(N3CCC4(CC3)CC(=Cc3c(-c5ccccc5OC(F)(F)F)noc3C3CC3)C4)sc2c1. The first kappa shape index (κ1) is 26.9. The maximum Gasteiger partial charge on any atom is 0.573 e. The summed E-state index contributed by atoms with van der Waals surface area (Å²) in [5.41, 5.74) is 2.74. The largest absolute Gasteiger partial charge is 0.573 e. The lowest BCUT2D eigenvalue weighted by molar-refractivity contribution is -0.274. The molecular formula is C30H25F4N3O4S. The van der Waals surface area contributed by atoms with Crippen LogP contribution < -0.4 is 9.64 Å². The molecular weight excluding hydrogens is 574 g/mol. The lowest BCUT2D eigenvalue weighted by Gasteiger charge is -2.49. The number of anilines is 1. The Balaban J connectivity index is 1.08. The van der Waals surface area contributed by atoms with Crippen LogP contribution in [0, 0.1) is 11.2 Å². The molecule has 3 aliphatic rings. The summed E-state index contributed by atoms with van der Waals surface area (Å²) >= 11 is 1.29. The van der Waals surface area contributed by atoms with E-state index in [1.165, 1.54) is 35.1 Å². The van der Waals surface area contributed by atoms with Gasteiger partial charge in [0, 0.05) is 30.1 Å². The van der Waals surface area contributed by atoms with E-state index in [2.05, 4.69) is 19.8 Å². The zero-order valence-electron chi connectivity index (χ0n) is 22.2. The van der Waals surface area contributed by atoms with Crippen LogP contribution in [0.5, 0.6) is 5.75 Å². The monoisotopic (exact) mass is 599 g/mol. The van der Waals surface area contributed by atoms with E-state index in [9.17, 15) is 27.5 Å². The Morgan fingerprint density at radius 2 is 1.90 bits per heavy atom. The van der Waals surface area contributed by atoms with E-state index in [1.54, 1.807) is 12.1 Å². The van der Waals surface area contributed by atoms with Crippen molar-refractivity contribution in [3.8, 4) is 17.0 Å². The number of halogens is 4. The van der Waals surface area contributed by atoms with E-state index in [0.29, 0.717) is 21.3 Å². The number of para-hydroxylation sites is 1. The second-order valence-corrected chi connectivity index (χ2v) is 12.4. The second kappa shape index (κ2) is 9.82. The van der Waals surface area contributed by atoms with E-state index in [4.69, 9.17) is 4.52 Å². The number of carboxylic acid groups (broad SMARTS) is 1. The summed E-state index contributed by atoms with van der Waals surface area (Å²) in [4.78, 5) is 17.9. The number of rotatable bonds is 6. The van der Waals surface area contributed by atoms with Gasteiger partial charge < -0.3 is 19.3 Å². The molecule has 7 nitrogen and oxygen atoms in total. The molecule has 12 heteroatoms. The van der Waals surface area contributed by atoms with Gasteiger partial charge in [-0.1, -0.05) is 34.2 Å². The predicted octanol–water partition coefficient (Wildman–Crippen LogP) is 8.03. The van der Waals surface area contributed by atoms with E-state index < -0.39 is 18.1 Å². The van der Waals surface area contributed by atoms with Crippen molar-refractivity contribution in [3.05, 3.63) is 64.7 Å². The van der Waals surface area contributed by atoms with Gasteiger partial charge in [-0.05, 0) is 74.3 Å². The van der Waals surface area contributed by atoms with Crippen LogP contribution in [0.3, 0.4) is 0 Å². The number of hydrogen-bond donors (Lipinski definition) is 1. The van der Waals surface area contributed by atoms with E-state index in [1.807, 2.05) is 6.08 Å². The van der Waals surface area contributed by atoms with Gasteiger partial charge in [0.05, 0.1) is 10.3 Å². The summed E-state index contributed by atoms with van der Waals surface area (Å²) in [5, 5.41) is 14.1. The topological polar surface area (TPSA) is 88.7 Å². The summed E-state index contributed by atoms with van der Waals surface area (Å²) < 4.78 is 64.2. The van der Waals surface area contributed by atoms with E-state index in [0.717, 1.165) is 63.2 Å². The van der Waals surface area contributed by atoms with Gasteiger partial charge in [-0.25, -0.2) is 14.2 Å². The van der Waals surface area contributed by atoms with Crippen molar-refractivity contribution >= 4 is 38.7 Å². The zero-order valence-corrected chi connectivity index (χ0v) is 23.0. The predicted molar refractivity (Wildman–Crippen MR) is 148 cm³/mol. The molecule has 218 valence electrons. The highest BCUT2D eigenvalue weighted by molar-refractivity contribution is 7.22. The van der Waals surface area contributed by atoms with Gasteiger partial charge in [-0.2, -0.15) is 0 Å². The third-order valence-corrected chi connectivity index (χ3v) is 9.47. The van der Waals surface area contributed by atoms with Crippen molar-refractivity contribution in [2.45, 2.75) is 50.8 Å². The molecule has 4 aromatic rings. The number of thiazole rings is 1. The molecule has 1 saturated heterocycles. The number of alkyl halides is 3. The highest BCUT2D eigenvalue weighted by Crippen LogP contribution is 2.55. The quantitative estimate of drug-likeness (QED) is 0.225. The van der Waals surface area contributed by atoms with E-state index in [-0.39, 0.29) is 33.7 Å². The molecule has 7 rings (SSSR count). The van der Waals surface area contributed by atoms with Crippen LogP contribution in [-0.2, 0) is 0 Å². The highest BCUT2D eigenvalue weighted by Gasteiger charge is 2.44. The van der Waals surface area contributed by atoms with E-state index >= 15 is 0 Å². The van der Waals surface area contributed by atoms with Crippen LogP contribution in [0.4, 0.5) is 22.7 Å². The molecule has 42 heavy (non-hydrogen) atoms. The smallest absolute Gasteiger partial charge is 0.478 e. The Labute approximate surface area is 241 Å². The molecule has 1 N–H and O–H groups in total. The van der Waals surface area contributed by atoms with Crippen molar-refractivity contribution in [1.82, 2.24) is 10.1 Å². The number of ether oxygens (including phenoxy) is 1. The maximum absolute atomic E-state index is 14.5. The van der Waals surface area contributed by atoms with Gasteiger partial charge in [-0.3, -0.25) is 0 Å². The van der Waals surface area contributed by atoms with Gasteiger partial charge >= 0.3 is 12.3 Å². The Bertz CT molecular complexity index is 1720. The minimum Gasteiger partial charge on any atom is -0.478 e. The number of carboxylic acids is 1. The lowest BCUT2D eigenvalue weighted by atomic mass is 9.60.